The van der Waals surface area contributed by atoms with Crippen molar-refractivity contribution in [2.75, 3.05) is 0 Å². The van der Waals surface area contributed by atoms with E-state index >= 15 is 0 Å². The molecule has 0 aromatic carbocycles. The van der Waals surface area contributed by atoms with Crippen molar-refractivity contribution in [2.24, 2.45) is 11.3 Å². The van der Waals surface area contributed by atoms with Crippen LogP contribution in [0.4, 0.5) is 0 Å². The van der Waals surface area contributed by atoms with Gasteiger partial charge in [0.25, 0.3) is 0 Å². The second-order valence-electron chi connectivity index (χ2n) is 3.97. The summed E-state index contributed by atoms with van der Waals surface area (Å²) >= 11 is 0. The third-order valence-corrected chi connectivity index (χ3v) is 2.96. The van der Waals surface area contributed by atoms with Crippen molar-refractivity contribution in [2.45, 2.75) is 25.7 Å². The zero-order valence-electron chi connectivity index (χ0n) is 6.71. The fourth-order valence-corrected chi connectivity index (χ4v) is 2.48. The predicted molar refractivity (Wildman–Crippen MR) is 45.3 cm³/mol. The Morgan fingerprint density at radius 2 is 2.55 bits per heavy atom. The monoisotopic (exact) mass is 150 g/mol. The SMILES string of the molecule is C=C(O)CC12C=CC(CC1)C2. The van der Waals surface area contributed by atoms with Crippen LogP contribution in [-0.2, 0) is 0 Å². The van der Waals surface area contributed by atoms with E-state index in [-0.39, 0.29) is 0 Å². The molecule has 2 bridgehead atoms. The summed E-state index contributed by atoms with van der Waals surface area (Å²) < 4.78 is 0. The Bertz CT molecular complexity index is 217. The maximum Gasteiger partial charge on any atom is 0.0859 e. The lowest BCUT2D eigenvalue weighted by Crippen LogP contribution is -2.11. The van der Waals surface area contributed by atoms with Gasteiger partial charge in [-0.15, -0.1) is 0 Å². The number of hydrogen-bond acceptors (Lipinski definition) is 1. The topological polar surface area (TPSA) is 20.2 Å². The van der Waals surface area contributed by atoms with Crippen LogP contribution in [0, 0.1) is 11.3 Å². The van der Waals surface area contributed by atoms with E-state index in [0.717, 1.165) is 12.3 Å². The molecule has 11 heavy (non-hydrogen) atoms. The third kappa shape index (κ3) is 1.09. The fraction of sp³-hybridized carbons (Fsp3) is 0.600. The quantitative estimate of drug-likeness (QED) is 0.474. The van der Waals surface area contributed by atoms with Crippen LogP contribution in [-0.4, -0.2) is 5.11 Å². The largest absolute Gasteiger partial charge is 0.513 e. The average Bonchev–Trinajstić information content (AvgIpc) is 2.43. The molecule has 0 radical (unpaired) electrons. The van der Waals surface area contributed by atoms with Gasteiger partial charge in [-0.2, -0.15) is 0 Å². The van der Waals surface area contributed by atoms with Crippen LogP contribution < -0.4 is 0 Å². The maximum atomic E-state index is 9.10. The van der Waals surface area contributed by atoms with Gasteiger partial charge in [0.15, 0.2) is 0 Å². The first kappa shape index (κ1) is 6.96. The summed E-state index contributed by atoms with van der Waals surface area (Å²) in [7, 11) is 0. The van der Waals surface area contributed by atoms with Gasteiger partial charge in [0, 0.05) is 6.42 Å². The molecule has 1 N–H and O–H groups in total. The summed E-state index contributed by atoms with van der Waals surface area (Å²) in [4.78, 5) is 0. The van der Waals surface area contributed by atoms with Crippen molar-refractivity contribution in [3.05, 3.63) is 24.5 Å². The Morgan fingerprint density at radius 3 is 2.91 bits per heavy atom. The molecule has 2 unspecified atom stereocenters. The number of rotatable bonds is 2. The zero-order chi connectivity index (χ0) is 7.90. The van der Waals surface area contributed by atoms with Crippen molar-refractivity contribution in [1.82, 2.24) is 0 Å². The lowest BCUT2D eigenvalue weighted by atomic mass is 9.84. The van der Waals surface area contributed by atoms with Gasteiger partial charge < -0.3 is 5.11 Å². The Hall–Kier alpha value is -0.720. The first-order chi connectivity index (χ1) is 5.20. The maximum absolute atomic E-state index is 9.10. The lowest BCUT2D eigenvalue weighted by molar-refractivity contribution is 0.304. The van der Waals surface area contributed by atoms with E-state index in [2.05, 4.69) is 18.7 Å². The number of aliphatic hydroxyl groups is 1. The molecule has 0 aromatic rings. The normalized spacial score (nSPS) is 39.8. The summed E-state index contributed by atoms with van der Waals surface area (Å²) in [6.45, 7) is 3.55. The summed E-state index contributed by atoms with van der Waals surface area (Å²) in [5.74, 6) is 1.14. The van der Waals surface area contributed by atoms with Crippen LogP contribution in [0.25, 0.3) is 0 Å². The molecule has 2 aliphatic rings. The second kappa shape index (κ2) is 2.13. The van der Waals surface area contributed by atoms with Gasteiger partial charge in [-0.1, -0.05) is 18.7 Å². The van der Waals surface area contributed by atoms with Gasteiger partial charge in [-0.05, 0) is 30.6 Å². The van der Waals surface area contributed by atoms with Crippen molar-refractivity contribution in [1.29, 1.82) is 0 Å². The van der Waals surface area contributed by atoms with E-state index < -0.39 is 0 Å². The van der Waals surface area contributed by atoms with Gasteiger partial charge in [0.2, 0.25) is 0 Å². The minimum Gasteiger partial charge on any atom is -0.513 e. The van der Waals surface area contributed by atoms with Crippen LogP contribution in [0.2, 0.25) is 0 Å². The predicted octanol–water partition coefficient (Wildman–Crippen LogP) is 2.80. The standard InChI is InChI=1S/C10H14O/c1-8(11)6-10-4-2-9(7-10)3-5-10/h2,4,9,11H,1,3,5-7H2. The summed E-state index contributed by atoms with van der Waals surface area (Å²) in [6, 6.07) is 0. The highest BCUT2D eigenvalue weighted by Crippen LogP contribution is 2.51. The van der Waals surface area contributed by atoms with E-state index in [1.807, 2.05) is 0 Å². The number of allylic oxidation sites excluding steroid dienone is 3. The average molecular weight is 150 g/mol. The molecule has 0 amide bonds. The number of aliphatic hydroxyl groups excluding tert-OH is 1. The molecular weight excluding hydrogens is 136 g/mol. The van der Waals surface area contributed by atoms with Crippen molar-refractivity contribution >= 4 is 0 Å². The lowest BCUT2D eigenvalue weighted by Gasteiger charge is -2.22. The molecule has 0 heterocycles. The van der Waals surface area contributed by atoms with E-state index in [1.54, 1.807) is 0 Å². The molecule has 0 aromatic heterocycles. The zero-order valence-corrected chi connectivity index (χ0v) is 6.71. The highest BCUT2D eigenvalue weighted by molar-refractivity contribution is 5.17. The van der Waals surface area contributed by atoms with Gasteiger partial charge in [0.05, 0.1) is 5.76 Å². The molecule has 1 fully saturated rings. The first-order valence-corrected chi connectivity index (χ1v) is 4.26. The Balaban J connectivity index is 2.11. The minimum absolute atomic E-state index is 0.302. The molecular formula is C10H14O. The van der Waals surface area contributed by atoms with Crippen LogP contribution in [0.5, 0.6) is 0 Å². The highest BCUT2D eigenvalue weighted by atomic mass is 16.3. The molecule has 0 aliphatic heterocycles. The van der Waals surface area contributed by atoms with Crippen molar-refractivity contribution < 1.29 is 5.11 Å². The molecule has 2 atom stereocenters. The highest BCUT2D eigenvalue weighted by Gasteiger charge is 2.40. The van der Waals surface area contributed by atoms with E-state index in [1.165, 1.54) is 19.3 Å². The Labute approximate surface area is 67.4 Å². The van der Waals surface area contributed by atoms with Gasteiger partial charge in [-0.25, -0.2) is 0 Å². The van der Waals surface area contributed by atoms with Crippen LogP contribution in [0.15, 0.2) is 24.5 Å². The van der Waals surface area contributed by atoms with Crippen molar-refractivity contribution in [3.8, 4) is 0 Å². The Morgan fingerprint density at radius 1 is 1.73 bits per heavy atom. The van der Waals surface area contributed by atoms with Gasteiger partial charge in [-0.3, -0.25) is 0 Å². The molecule has 1 saturated carbocycles. The molecule has 0 spiro atoms. The number of fused-ring (bicyclic) bond motifs is 2. The smallest absolute Gasteiger partial charge is 0.0859 e. The number of hydrogen-bond donors (Lipinski definition) is 1. The summed E-state index contributed by atoms with van der Waals surface area (Å²) in [6.07, 6.45) is 9.15. The minimum atomic E-state index is 0.302. The fourth-order valence-electron chi connectivity index (χ4n) is 2.48. The van der Waals surface area contributed by atoms with Crippen LogP contribution >= 0.6 is 0 Å². The Kier molecular flexibility index (Phi) is 1.35. The molecule has 2 rings (SSSR count). The summed E-state index contributed by atoms with van der Waals surface area (Å²) in [5.41, 5.74) is 0.302. The van der Waals surface area contributed by atoms with Crippen LogP contribution in [0.1, 0.15) is 25.7 Å². The van der Waals surface area contributed by atoms with E-state index in [4.69, 9.17) is 5.11 Å². The molecule has 1 nitrogen and oxygen atoms in total. The summed E-state index contributed by atoms with van der Waals surface area (Å²) in [5, 5.41) is 9.10. The van der Waals surface area contributed by atoms with E-state index in [0.29, 0.717) is 11.2 Å². The second-order valence-corrected chi connectivity index (χ2v) is 3.97. The molecule has 0 saturated heterocycles. The molecule has 2 aliphatic carbocycles. The molecule has 1 heteroatoms. The van der Waals surface area contributed by atoms with Gasteiger partial charge >= 0.3 is 0 Å². The van der Waals surface area contributed by atoms with Gasteiger partial charge in [0.1, 0.15) is 0 Å². The molecule has 60 valence electrons. The van der Waals surface area contributed by atoms with Crippen LogP contribution in [0.3, 0.4) is 0 Å². The third-order valence-electron chi connectivity index (χ3n) is 2.96. The van der Waals surface area contributed by atoms with Crippen molar-refractivity contribution in [3.63, 3.8) is 0 Å². The first-order valence-electron chi connectivity index (χ1n) is 4.26. The van der Waals surface area contributed by atoms with E-state index in [9.17, 15) is 0 Å².